The Morgan fingerprint density at radius 3 is 2.38 bits per heavy atom. The Morgan fingerprint density at radius 1 is 1.62 bits per heavy atom. The fraction of sp³-hybridized carbons (Fsp3) is 0.750. The first-order chi connectivity index (χ1) is 3.63. The van der Waals surface area contributed by atoms with Gasteiger partial charge in [0.05, 0.1) is 35.2 Å². The molecule has 1 rings (SSSR count). The van der Waals surface area contributed by atoms with Gasteiger partial charge in [0.25, 0.3) is 0 Å². The zero-order chi connectivity index (χ0) is 6.20. The minimum atomic E-state index is -0.390. The molecule has 0 amide bonds. The van der Waals surface area contributed by atoms with E-state index in [0.717, 1.165) is 0 Å². The van der Waals surface area contributed by atoms with Crippen molar-refractivity contribution in [3.8, 4) is 0 Å². The Morgan fingerprint density at radius 2 is 2.25 bits per heavy atom. The summed E-state index contributed by atoms with van der Waals surface area (Å²) < 4.78 is 0. The lowest BCUT2D eigenvalue weighted by molar-refractivity contribution is 2.26. The van der Waals surface area contributed by atoms with Gasteiger partial charge in [-0.05, 0) is 14.9 Å². The minimum absolute atomic E-state index is 0.390. The Balaban J connectivity index is 2.67. The molecule has 4 heteroatoms. The molecule has 1 heterocycles. The highest BCUT2D eigenvalue weighted by molar-refractivity contribution is 8.83. The van der Waals surface area contributed by atoms with Crippen molar-refractivity contribution in [3.05, 3.63) is 0 Å². The van der Waals surface area contributed by atoms with Crippen LogP contribution in [0.25, 0.3) is 0 Å². The van der Waals surface area contributed by atoms with E-state index in [9.17, 15) is 0 Å². The maximum atomic E-state index is 2.49. The van der Waals surface area contributed by atoms with E-state index >= 15 is 0 Å². The van der Waals surface area contributed by atoms with Crippen molar-refractivity contribution in [2.45, 2.75) is 0 Å². The summed E-state index contributed by atoms with van der Waals surface area (Å²) in [7, 11) is 3.36. The van der Waals surface area contributed by atoms with Crippen molar-refractivity contribution in [2.24, 2.45) is 0 Å². The van der Waals surface area contributed by atoms with Gasteiger partial charge in [-0.1, -0.05) is 0 Å². The Bertz CT molecular complexity index is 117. The predicted molar refractivity (Wildman–Crippen MR) is 52.9 cm³/mol. The van der Waals surface area contributed by atoms with Gasteiger partial charge >= 0.3 is 0 Å². The Hall–Kier alpha value is 1.46. The van der Waals surface area contributed by atoms with Gasteiger partial charge in [0.1, 0.15) is 0 Å². The first-order valence-corrected chi connectivity index (χ1v) is 11.3. The average molecular weight is 183 g/mol. The summed E-state index contributed by atoms with van der Waals surface area (Å²) in [5, 5.41) is 0. The molecule has 46 valence electrons. The highest BCUT2D eigenvalue weighted by atomic mass is 32.7. The normalized spacial score (nSPS) is 38.6. The van der Waals surface area contributed by atoms with E-state index in [1.54, 1.807) is 7.89 Å². The molecule has 8 heavy (non-hydrogen) atoms. The van der Waals surface area contributed by atoms with E-state index in [2.05, 4.69) is 25.5 Å². The van der Waals surface area contributed by atoms with E-state index in [-0.39, 0.29) is 0 Å². The maximum absolute atomic E-state index is 2.49. The van der Waals surface area contributed by atoms with E-state index in [1.807, 2.05) is 0 Å². The molecule has 2 atom stereocenters. The van der Waals surface area contributed by atoms with Gasteiger partial charge in [-0.15, -0.1) is 0 Å². The Kier molecular flexibility index (Phi) is 2.46. The van der Waals surface area contributed by atoms with Gasteiger partial charge in [-0.2, -0.15) is 0 Å². The zero-order valence-electron chi connectivity index (χ0n) is 5.42. The quantitative estimate of drug-likeness (QED) is 0.504. The topological polar surface area (TPSA) is 0 Å². The molecule has 0 N–H and O–H groups in total. The van der Waals surface area contributed by atoms with Crippen LogP contribution in [0.15, 0.2) is 0 Å². The summed E-state index contributed by atoms with van der Waals surface area (Å²) in [6, 6.07) is 0. The minimum Gasteiger partial charge on any atom is -0.0225 e. The smallest absolute Gasteiger partial charge is 0.0225 e. The standard InChI is InChI=1S/C4H11P4/c1-7-5-4-6-8(7,2)3/h4-5H,1-3H3/q+1. The molecular formula is C4H11P4+. The van der Waals surface area contributed by atoms with Gasteiger partial charge in [-0.25, -0.2) is 0 Å². The van der Waals surface area contributed by atoms with Crippen LogP contribution in [0.4, 0.5) is 0 Å². The van der Waals surface area contributed by atoms with Crippen LogP contribution < -0.4 is 0 Å². The molecule has 1 aliphatic rings. The van der Waals surface area contributed by atoms with E-state index < -0.39 is 6.64 Å². The van der Waals surface area contributed by atoms with E-state index in [0.29, 0.717) is 7.30 Å². The summed E-state index contributed by atoms with van der Waals surface area (Å²) in [6.45, 7) is 7.03. The number of hydrogen-bond donors (Lipinski definition) is 0. The molecule has 0 aromatic rings. The van der Waals surface area contributed by atoms with Crippen molar-refractivity contribution in [3.63, 3.8) is 0 Å². The summed E-state index contributed by atoms with van der Waals surface area (Å²) in [4.78, 5) is 0. The summed E-state index contributed by atoms with van der Waals surface area (Å²) >= 11 is 0. The summed E-state index contributed by atoms with van der Waals surface area (Å²) in [5.41, 5.74) is 2.49. The fourth-order valence-corrected chi connectivity index (χ4v) is 19.6. The molecule has 0 saturated carbocycles. The monoisotopic (exact) mass is 183 g/mol. The second-order valence-electron chi connectivity index (χ2n) is 2.23. The van der Waals surface area contributed by atoms with Gasteiger partial charge < -0.3 is 0 Å². The van der Waals surface area contributed by atoms with Crippen molar-refractivity contribution in [1.29, 1.82) is 0 Å². The van der Waals surface area contributed by atoms with Crippen LogP contribution in [0.1, 0.15) is 0 Å². The molecule has 1 aliphatic heterocycles. The highest BCUT2D eigenvalue weighted by Crippen LogP contribution is 2.96. The van der Waals surface area contributed by atoms with Crippen molar-refractivity contribution in [2.75, 3.05) is 20.0 Å². The van der Waals surface area contributed by atoms with Crippen LogP contribution in [-0.4, -0.2) is 25.5 Å². The molecule has 0 nitrogen and oxygen atoms in total. The van der Waals surface area contributed by atoms with Crippen LogP contribution >= 0.6 is 30.1 Å². The SMILES string of the molecule is CP1PC=P[P+]1(C)C. The molecule has 0 saturated heterocycles. The van der Waals surface area contributed by atoms with Crippen molar-refractivity contribution < 1.29 is 0 Å². The summed E-state index contributed by atoms with van der Waals surface area (Å²) in [5.74, 6) is 0. The third-order valence-corrected chi connectivity index (χ3v) is 24.3. The molecule has 0 aliphatic carbocycles. The van der Waals surface area contributed by atoms with Crippen LogP contribution in [0.2, 0.25) is 0 Å². The van der Waals surface area contributed by atoms with Crippen LogP contribution in [0.3, 0.4) is 0 Å². The van der Waals surface area contributed by atoms with Crippen LogP contribution in [0, 0.1) is 0 Å². The average Bonchev–Trinajstić information content (AvgIpc) is 1.86. The molecule has 0 spiro atoms. The first-order valence-electron chi connectivity index (χ1n) is 2.51. The fourth-order valence-electron chi connectivity index (χ4n) is 0.469. The van der Waals surface area contributed by atoms with Crippen LogP contribution in [-0.2, 0) is 0 Å². The molecule has 0 aromatic heterocycles. The third-order valence-electron chi connectivity index (χ3n) is 1.32. The lowest BCUT2D eigenvalue weighted by Gasteiger charge is -2.11. The maximum Gasteiger partial charge on any atom is 0.0918 e. The van der Waals surface area contributed by atoms with Gasteiger partial charge in [0.15, 0.2) is 0 Å². The van der Waals surface area contributed by atoms with Gasteiger partial charge in [0, 0.05) is 5.54 Å². The first kappa shape index (κ1) is 7.57. The third kappa shape index (κ3) is 1.49. The van der Waals surface area contributed by atoms with Crippen molar-refractivity contribution >= 4 is 35.6 Å². The lowest BCUT2D eigenvalue weighted by Crippen LogP contribution is -1.64. The predicted octanol–water partition coefficient (Wildman–Crippen LogP) is 3.52. The van der Waals surface area contributed by atoms with Gasteiger partial charge in [-0.3, -0.25) is 0 Å². The molecule has 0 fully saturated rings. The number of hydrogen-bond acceptors (Lipinski definition) is 0. The summed E-state index contributed by atoms with van der Waals surface area (Å²) in [6.07, 6.45) is 0. The molecule has 0 aromatic carbocycles. The number of rotatable bonds is 0. The van der Waals surface area contributed by atoms with Crippen LogP contribution in [0.5, 0.6) is 0 Å². The zero-order valence-corrected chi connectivity index (χ0v) is 9.10. The highest BCUT2D eigenvalue weighted by Gasteiger charge is 2.35. The molecule has 2 unspecified atom stereocenters. The van der Waals surface area contributed by atoms with Gasteiger partial charge in [0.2, 0.25) is 0 Å². The lowest BCUT2D eigenvalue weighted by atomic mass is 11.9. The Labute approximate surface area is 56.2 Å². The second-order valence-corrected chi connectivity index (χ2v) is 20.8. The molecular weight excluding hydrogens is 172 g/mol. The molecule has 0 bridgehead atoms. The van der Waals surface area contributed by atoms with Crippen molar-refractivity contribution in [1.82, 2.24) is 0 Å². The van der Waals surface area contributed by atoms with E-state index in [4.69, 9.17) is 0 Å². The van der Waals surface area contributed by atoms with E-state index in [1.165, 1.54) is 8.27 Å². The molecule has 0 radical (unpaired) electrons. The largest absolute Gasteiger partial charge is 0.0918 e. The second kappa shape index (κ2) is 2.60.